The number of aliphatic carboxylic acids is 1. The number of ether oxygens (including phenoxy) is 2. The van der Waals surface area contributed by atoms with Crippen LogP contribution in [0, 0.1) is 0 Å². The molecule has 0 spiro atoms. The number of benzene rings is 1. The number of rotatable bonds is 11. The van der Waals surface area contributed by atoms with Crippen LogP contribution in [-0.4, -0.2) is 94.2 Å². The molecule has 2 heterocycles. The summed E-state index contributed by atoms with van der Waals surface area (Å²) in [6.07, 6.45) is -1.27. The first kappa shape index (κ1) is 29.5. The van der Waals surface area contributed by atoms with Crippen molar-refractivity contribution in [1.82, 2.24) is 25.1 Å². The summed E-state index contributed by atoms with van der Waals surface area (Å²) in [6.45, 7) is 7.10. The molecule has 3 amide bonds. The van der Waals surface area contributed by atoms with Crippen molar-refractivity contribution in [2.45, 2.75) is 45.8 Å². The Morgan fingerprint density at radius 2 is 1.67 bits per heavy atom. The highest BCUT2D eigenvalue weighted by Crippen LogP contribution is 2.21. The lowest BCUT2D eigenvalue weighted by atomic mass is 10.1. The zero-order chi connectivity index (χ0) is 28.4. The number of carbonyl (C=O) groups excluding carboxylic acids is 3. The lowest BCUT2D eigenvalue weighted by Gasteiger charge is -2.35. The molecular weight excluding hydrogens is 506 g/mol. The number of carboxylic acids is 1. The van der Waals surface area contributed by atoms with Crippen molar-refractivity contribution < 1.29 is 33.8 Å². The normalized spacial score (nSPS) is 14.8. The van der Waals surface area contributed by atoms with E-state index in [-0.39, 0.29) is 51.3 Å². The van der Waals surface area contributed by atoms with Crippen LogP contribution in [0.4, 0.5) is 4.79 Å². The number of nitrogens with one attached hydrogen (secondary N) is 1. The Balaban J connectivity index is 1.82. The molecule has 1 saturated heterocycles. The van der Waals surface area contributed by atoms with Gasteiger partial charge in [-0.15, -0.1) is 0 Å². The van der Waals surface area contributed by atoms with Crippen LogP contribution in [0.15, 0.2) is 36.4 Å². The van der Waals surface area contributed by atoms with E-state index in [1.807, 2.05) is 44.2 Å². The van der Waals surface area contributed by atoms with E-state index in [9.17, 15) is 24.3 Å². The smallest absolute Gasteiger partial charge is 0.409 e. The molecule has 1 aromatic heterocycles. The van der Waals surface area contributed by atoms with Gasteiger partial charge in [-0.1, -0.05) is 30.3 Å². The monoisotopic (exact) mass is 541 g/mol. The molecule has 1 aliphatic heterocycles. The van der Waals surface area contributed by atoms with Gasteiger partial charge in [0.15, 0.2) is 5.82 Å². The van der Waals surface area contributed by atoms with Gasteiger partial charge in [-0.25, -0.2) is 14.8 Å². The Hall–Kier alpha value is -4.06. The molecule has 0 bridgehead atoms. The average Bonchev–Trinajstić information content (AvgIpc) is 2.95. The molecule has 1 fully saturated rings. The molecule has 1 unspecified atom stereocenters. The van der Waals surface area contributed by atoms with E-state index in [0.717, 1.165) is 0 Å². The molecule has 0 saturated carbocycles. The van der Waals surface area contributed by atoms with Gasteiger partial charge in [0.25, 0.3) is 5.91 Å². The van der Waals surface area contributed by atoms with Gasteiger partial charge < -0.3 is 29.7 Å². The van der Waals surface area contributed by atoms with Crippen molar-refractivity contribution in [3.05, 3.63) is 47.8 Å². The summed E-state index contributed by atoms with van der Waals surface area (Å²) in [5.74, 6) is -1.81. The van der Waals surface area contributed by atoms with Crippen LogP contribution in [0.1, 0.15) is 55.9 Å². The Labute approximate surface area is 227 Å². The van der Waals surface area contributed by atoms with Crippen LogP contribution < -0.4 is 5.32 Å². The van der Waals surface area contributed by atoms with E-state index < -0.39 is 36.0 Å². The minimum Gasteiger partial charge on any atom is -0.481 e. The molecule has 39 heavy (non-hydrogen) atoms. The lowest BCUT2D eigenvalue weighted by molar-refractivity contribution is -0.138. The molecular formula is C27H35N5O7. The molecule has 3 rings (SSSR count). The summed E-state index contributed by atoms with van der Waals surface area (Å²) in [4.78, 5) is 62.1. The third-order valence-electron chi connectivity index (χ3n) is 6.21. The summed E-state index contributed by atoms with van der Waals surface area (Å²) in [5.41, 5.74) is 1.24. The molecule has 0 radical (unpaired) electrons. The zero-order valence-corrected chi connectivity index (χ0v) is 22.5. The fraction of sp³-hybridized carbons (Fsp3) is 0.481. The summed E-state index contributed by atoms with van der Waals surface area (Å²) < 4.78 is 10.7. The predicted molar refractivity (Wildman–Crippen MR) is 141 cm³/mol. The van der Waals surface area contributed by atoms with Crippen LogP contribution in [0.25, 0.3) is 11.4 Å². The first-order valence-electron chi connectivity index (χ1n) is 13.0. The van der Waals surface area contributed by atoms with Crippen LogP contribution in [0.5, 0.6) is 0 Å². The predicted octanol–water partition coefficient (Wildman–Crippen LogP) is 2.50. The maximum Gasteiger partial charge on any atom is 0.409 e. The highest BCUT2D eigenvalue weighted by Gasteiger charge is 2.31. The minimum atomic E-state index is -1.09. The van der Waals surface area contributed by atoms with E-state index in [0.29, 0.717) is 23.7 Å². The highest BCUT2D eigenvalue weighted by molar-refractivity contribution is 5.96. The van der Waals surface area contributed by atoms with Crippen molar-refractivity contribution in [2.75, 3.05) is 39.4 Å². The second-order valence-electron chi connectivity index (χ2n) is 8.93. The SMILES string of the molecule is CCOC(=O)N1CCN(C(=O)C(CCC(=O)O)NC(=O)c2cc([C@H](C)OCC)nc(-c3ccccc3)n2)CC1. The first-order chi connectivity index (χ1) is 18.7. The topological polar surface area (TPSA) is 151 Å². The summed E-state index contributed by atoms with van der Waals surface area (Å²) in [5, 5.41) is 11.9. The fourth-order valence-corrected chi connectivity index (χ4v) is 4.14. The maximum absolute atomic E-state index is 13.4. The minimum absolute atomic E-state index is 0.0330. The van der Waals surface area contributed by atoms with E-state index in [1.54, 1.807) is 6.92 Å². The van der Waals surface area contributed by atoms with Gasteiger partial charge >= 0.3 is 12.1 Å². The largest absolute Gasteiger partial charge is 0.481 e. The molecule has 0 aliphatic carbocycles. The van der Waals surface area contributed by atoms with E-state index in [2.05, 4.69) is 15.3 Å². The number of nitrogens with zero attached hydrogens (tertiary/aromatic N) is 4. The standard InChI is InChI=1S/C27H35N5O7/c1-4-38-18(3)21-17-22(29-24(28-21)19-9-7-6-8-10-19)25(35)30-20(11-12-23(33)34)26(36)31-13-15-32(16-14-31)27(37)39-5-2/h6-10,17-18,20H,4-5,11-16H2,1-3H3,(H,30,35)(H,33,34)/t18-,20?/m0/s1. The summed E-state index contributed by atoms with van der Waals surface area (Å²) in [6, 6.07) is 9.58. The number of carbonyl (C=O) groups is 4. The van der Waals surface area contributed by atoms with Gasteiger partial charge in [0.1, 0.15) is 11.7 Å². The Bertz CT molecular complexity index is 1150. The molecule has 1 aromatic carbocycles. The lowest BCUT2D eigenvalue weighted by Crippen LogP contribution is -2.56. The molecule has 2 atom stereocenters. The van der Waals surface area contributed by atoms with Crippen molar-refractivity contribution in [3.8, 4) is 11.4 Å². The van der Waals surface area contributed by atoms with Crippen LogP contribution in [0.2, 0.25) is 0 Å². The summed E-state index contributed by atoms with van der Waals surface area (Å²) in [7, 11) is 0. The van der Waals surface area contributed by atoms with E-state index >= 15 is 0 Å². The Morgan fingerprint density at radius 1 is 1.00 bits per heavy atom. The second-order valence-corrected chi connectivity index (χ2v) is 8.93. The number of amides is 3. The number of hydrogen-bond acceptors (Lipinski definition) is 8. The Kier molecular flexibility index (Phi) is 10.7. The van der Waals surface area contributed by atoms with Crippen molar-refractivity contribution in [3.63, 3.8) is 0 Å². The second kappa shape index (κ2) is 14.2. The van der Waals surface area contributed by atoms with Crippen LogP contribution >= 0.6 is 0 Å². The maximum atomic E-state index is 13.4. The molecule has 12 nitrogen and oxygen atoms in total. The molecule has 2 N–H and O–H groups in total. The third kappa shape index (κ3) is 8.21. The Morgan fingerprint density at radius 3 is 2.28 bits per heavy atom. The van der Waals surface area contributed by atoms with Crippen molar-refractivity contribution in [2.24, 2.45) is 0 Å². The molecule has 210 valence electrons. The van der Waals surface area contributed by atoms with Crippen molar-refractivity contribution >= 4 is 23.9 Å². The number of piperazine rings is 1. The fourth-order valence-electron chi connectivity index (χ4n) is 4.14. The summed E-state index contributed by atoms with van der Waals surface area (Å²) >= 11 is 0. The zero-order valence-electron chi connectivity index (χ0n) is 22.5. The highest BCUT2D eigenvalue weighted by atomic mass is 16.6. The average molecular weight is 542 g/mol. The van der Waals surface area contributed by atoms with Gasteiger partial charge in [-0.05, 0) is 33.3 Å². The van der Waals surface area contributed by atoms with Crippen LogP contribution in [0.3, 0.4) is 0 Å². The van der Waals surface area contributed by atoms with Crippen LogP contribution in [-0.2, 0) is 19.1 Å². The van der Waals surface area contributed by atoms with Gasteiger partial charge in [-0.2, -0.15) is 0 Å². The quantitative estimate of drug-likeness (QED) is 0.437. The van der Waals surface area contributed by atoms with Gasteiger partial charge in [0, 0.05) is 44.8 Å². The molecule has 12 heteroatoms. The first-order valence-corrected chi connectivity index (χ1v) is 13.0. The number of aromatic nitrogens is 2. The van der Waals surface area contributed by atoms with Crippen molar-refractivity contribution in [1.29, 1.82) is 0 Å². The number of carboxylic acid groups (broad SMARTS) is 1. The van der Waals surface area contributed by atoms with E-state index in [1.165, 1.54) is 15.9 Å². The molecule has 2 aromatic rings. The van der Waals surface area contributed by atoms with Gasteiger partial charge in [0.05, 0.1) is 18.4 Å². The van der Waals surface area contributed by atoms with Gasteiger partial charge in [0.2, 0.25) is 5.91 Å². The third-order valence-corrected chi connectivity index (χ3v) is 6.21. The molecule has 1 aliphatic rings. The van der Waals surface area contributed by atoms with Gasteiger partial charge in [-0.3, -0.25) is 14.4 Å². The number of hydrogen-bond donors (Lipinski definition) is 2. The van der Waals surface area contributed by atoms with E-state index in [4.69, 9.17) is 9.47 Å².